The molecule has 0 atom stereocenters. The number of carbonyl (C=O) groups excluding carboxylic acids is 1. The number of para-hydroxylation sites is 2. The highest BCUT2D eigenvalue weighted by atomic mass is 32.2. The molecule has 0 saturated carbocycles. The number of carbonyl (C=O) groups is 1. The van der Waals surface area contributed by atoms with Gasteiger partial charge >= 0.3 is 5.97 Å². The van der Waals surface area contributed by atoms with Crippen LogP contribution in [0.3, 0.4) is 0 Å². The molecule has 0 amide bonds. The summed E-state index contributed by atoms with van der Waals surface area (Å²) >= 11 is 0. The van der Waals surface area contributed by atoms with Crippen LogP contribution >= 0.6 is 0 Å². The summed E-state index contributed by atoms with van der Waals surface area (Å²) in [6.07, 6.45) is 1.11. The molecule has 0 aromatic heterocycles. The maximum atomic E-state index is 11.8. The van der Waals surface area contributed by atoms with E-state index >= 15 is 0 Å². The third kappa shape index (κ3) is 2.45. The monoisotopic (exact) mass is 281 g/mol. The molecular formula is C12H11NO5S. The lowest BCUT2D eigenvalue weighted by Crippen LogP contribution is -2.16. The molecule has 1 heterocycles. The highest BCUT2D eigenvalue weighted by Gasteiger charge is 2.27. The molecule has 2 rings (SSSR count). The molecule has 19 heavy (non-hydrogen) atoms. The fourth-order valence-electron chi connectivity index (χ4n) is 1.49. The van der Waals surface area contributed by atoms with E-state index in [9.17, 15) is 13.2 Å². The van der Waals surface area contributed by atoms with Crippen LogP contribution < -0.4 is 15.2 Å². The van der Waals surface area contributed by atoms with Crippen molar-refractivity contribution in [1.29, 1.82) is 0 Å². The third-order valence-electron chi connectivity index (χ3n) is 2.48. The van der Waals surface area contributed by atoms with E-state index in [1.807, 2.05) is 0 Å². The number of esters is 1. The zero-order valence-corrected chi connectivity index (χ0v) is 10.8. The highest BCUT2D eigenvalue weighted by Crippen LogP contribution is 2.28. The van der Waals surface area contributed by atoms with Gasteiger partial charge in [0, 0.05) is 5.41 Å². The minimum atomic E-state index is -3.68. The lowest BCUT2D eigenvalue weighted by atomic mass is 10.3. The van der Waals surface area contributed by atoms with E-state index in [0.717, 1.165) is 11.5 Å². The van der Waals surface area contributed by atoms with Crippen LogP contribution in [0.2, 0.25) is 0 Å². The Bertz CT molecular complexity index is 688. The van der Waals surface area contributed by atoms with Gasteiger partial charge in [0.1, 0.15) is 5.03 Å². The van der Waals surface area contributed by atoms with Crippen molar-refractivity contribution >= 4 is 15.8 Å². The SMILES string of the molecule is COc1ccccc1OC(=O)C1=C(N)S(=O)(=O)C=C1. The summed E-state index contributed by atoms with van der Waals surface area (Å²) in [4.78, 5) is 11.8. The van der Waals surface area contributed by atoms with Crippen molar-refractivity contribution < 1.29 is 22.7 Å². The molecule has 1 aromatic rings. The first-order valence-electron chi connectivity index (χ1n) is 5.24. The molecule has 1 aliphatic heterocycles. The molecule has 0 fully saturated rings. The van der Waals surface area contributed by atoms with Gasteiger partial charge in [0.05, 0.1) is 12.7 Å². The first-order chi connectivity index (χ1) is 8.95. The molecule has 0 bridgehead atoms. The van der Waals surface area contributed by atoms with Crippen molar-refractivity contribution in [3.8, 4) is 11.5 Å². The minimum Gasteiger partial charge on any atom is -0.493 e. The van der Waals surface area contributed by atoms with Gasteiger partial charge in [-0.05, 0) is 18.2 Å². The van der Waals surface area contributed by atoms with Gasteiger partial charge in [-0.25, -0.2) is 13.2 Å². The number of rotatable bonds is 3. The van der Waals surface area contributed by atoms with Crippen molar-refractivity contribution in [2.75, 3.05) is 7.11 Å². The zero-order valence-electron chi connectivity index (χ0n) is 9.99. The van der Waals surface area contributed by atoms with Gasteiger partial charge in [0.25, 0.3) is 0 Å². The van der Waals surface area contributed by atoms with Gasteiger partial charge in [-0.3, -0.25) is 0 Å². The average Bonchev–Trinajstić information content (AvgIpc) is 2.65. The number of ether oxygens (including phenoxy) is 2. The summed E-state index contributed by atoms with van der Waals surface area (Å²) in [5.41, 5.74) is 5.19. The van der Waals surface area contributed by atoms with E-state index in [1.54, 1.807) is 18.2 Å². The highest BCUT2D eigenvalue weighted by molar-refractivity contribution is 7.98. The zero-order chi connectivity index (χ0) is 14.0. The Hall–Kier alpha value is -2.28. The van der Waals surface area contributed by atoms with Crippen LogP contribution in [-0.4, -0.2) is 21.5 Å². The Labute approximate surface area is 110 Å². The van der Waals surface area contributed by atoms with E-state index < -0.39 is 20.8 Å². The molecule has 100 valence electrons. The molecule has 6 nitrogen and oxygen atoms in total. The molecular weight excluding hydrogens is 270 g/mol. The molecule has 0 saturated heterocycles. The molecule has 0 radical (unpaired) electrons. The maximum absolute atomic E-state index is 11.8. The van der Waals surface area contributed by atoms with E-state index in [1.165, 1.54) is 13.2 Å². The second-order valence-corrected chi connectivity index (χ2v) is 5.47. The number of benzene rings is 1. The van der Waals surface area contributed by atoms with Crippen LogP contribution in [-0.2, 0) is 14.6 Å². The third-order valence-corrected chi connectivity index (χ3v) is 3.80. The van der Waals surface area contributed by atoms with E-state index in [-0.39, 0.29) is 11.3 Å². The predicted molar refractivity (Wildman–Crippen MR) is 67.9 cm³/mol. The lowest BCUT2D eigenvalue weighted by Gasteiger charge is -2.08. The van der Waals surface area contributed by atoms with Crippen LogP contribution in [0.1, 0.15) is 0 Å². The molecule has 1 aromatic carbocycles. The standard InChI is InChI=1S/C12H11NO5S/c1-17-9-4-2-3-5-10(9)18-12(14)8-6-7-19(15,16)11(8)13/h2-7H,13H2,1H3. The fraction of sp³-hybridized carbons (Fsp3) is 0.0833. The van der Waals surface area contributed by atoms with Crippen molar-refractivity contribution in [3.05, 3.63) is 46.4 Å². The van der Waals surface area contributed by atoms with Gasteiger partial charge in [-0.2, -0.15) is 0 Å². The first-order valence-corrected chi connectivity index (χ1v) is 6.78. The van der Waals surface area contributed by atoms with Crippen LogP contribution in [0.15, 0.2) is 46.4 Å². The Morgan fingerprint density at radius 1 is 1.21 bits per heavy atom. The number of hydrogen-bond donors (Lipinski definition) is 1. The van der Waals surface area contributed by atoms with Gasteiger partial charge in [0.15, 0.2) is 11.5 Å². The summed E-state index contributed by atoms with van der Waals surface area (Å²) < 4.78 is 32.8. The summed E-state index contributed by atoms with van der Waals surface area (Å²) in [5, 5.41) is 0.355. The normalized spacial score (nSPS) is 16.5. The number of methoxy groups -OCH3 is 1. The Balaban J connectivity index is 2.29. The molecule has 7 heteroatoms. The molecule has 1 aliphatic rings. The Kier molecular flexibility index (Phi) is 3.30. The Morgan fingerprint density at radius 2 is 1.84 bits per heavy atom. The fourth-order valence-corrected chi connectivity index (χ4v) is 2.41. The quantitative estimate of drug-likeness (QED) is 0.647. The lowest BCUT2D eigenvalue weighted by molar-refractivity contribution is -0.129. The topological polar surface area (TPSA) is 95.7 Å². The van der Waals surface area contributed by atoms with Gasteiger partial charge in [0.2, 0.25) is 9.84 Å². The Morgan fingerprint density at radius 3 is 2.37 bits per heavy atom. The summed E-state index contributed by atoms with van der Waals surface area (Å²) in [6.45, 7) is 0. The number of nitrogens with two attached hydrogens (primary N) is 1. The van der Waals surface area contributed by atoms with Crippen molar-refractivity contribution in [2.45, 2.75) is 0 Å². The van der Waals surface area contributed by atoms with Gasteiger partial charge in [-0.15, -0.1) is 0 Å². The molecule has 0 unspecified atom stereocenters. The maximum Gasteiger partial charge on any atom is 0.346 e. The van der Waals surface area contributed by atoms with Crippen molar-refractivity contribution in [2.24, 2.45) is 5.73 Å². The van der Waals surface area contributed by atoms with Gasteiger partial charge < -0.3 is 15.2 Å². The first kappa shape index (κ1) is 13.2. The molecule has 0 aliphatic carbocycles. The minimum absolute atomic E-state index is 0.188. The molecule has 2 N–H and O–H groups in total. The largest absolute Gasteiger partial charge is 0.493 e. The molecule has 0 spiro atoms. The summed E-state index contributed by atoms with van der Waals surface area (Å²) in [6, 6.07) is 6.51. The van der Waals surface area contributed by atoms with Crippen LogP contribution in [0.4, 0.5) is 0 Å². The summed E-state index contributed by atoms with van der Waals surface area (Å²) in [7, 11) is -2.25. The predicted octanol–water partition coefficient (Wildman–Crippen LogP) is 0.713. The van der Waals surface area contributed by atoms with Crippen LogP contribution in [0, 0.1) is 0 Å². The number of sulfone groups is 1. The van der Waals surface area contributed by atoms with Gasteiger partial charge in [-0.1, -0.05) is 12.1 Å². The van der Waals surface area contributed by atoms with E-state index in [0.29, 0.717) is 5.75 Å². The van der Waals surface area contributed by atoms with Crippen LogP contribution in [0.5, 0.6) is 11.5 Å². The van der Waals surface area contributed by atoms with Crippen molar-refractivity contribution in [3.63, 3.8) is 0 Å². The van der Waals surface area contributed by atoms with Crippen LogP contribution in [0.25, 0.3) is 0 Å². The van der Waals surface area contributed by atoms with E-state index in [2.05, 4.69) is 0 Å². The van der Waals surface area contributed by atoms with E-state index in [4.69, 9.17) is 15.2 Å². The second kappa shape index (κ2) is 4.77. The average molecular weight is 281 g/mol. The van der Waals surface area contributed by atoms with Crippen molar-refractivity contribution in [1.82, 2.24) is 0 Å². The summed E-state index contributed by atoms with van der Waals surface area (Å²) in [5.74, 6) is -0.299. The second-order valence-electron chi connectivity index (χ2n) is 3.67. The smallest absolute Gasteiger partial charge is 0.346 e. The number of hydrogen-bond acceptors (Lipinski definition) is 6.